The summed E-state index contributed by atoms with van der Waals surface area (Å²) in [6, 6.07) is 5.44. The second kappa shape index (κ2) is 5.93. The molecule has 1 saturated carbocycles. The van der Waals surface area contributed by atoms with E-state index < -0.39 is 0 Å². The Kier molecular flexibility index (Phi) is 3.82. The van der Waals surface area contributed by atoms with Crippen LogP contribution >= 0.6 is 0 Å². The van der Waals surface area contributed by atoms with Crippen molar-refractivity contribution in [1.82, 2.24) is 14.8 Å². The Balaban J connectivity index is 1.85. The number of fused-ring (bicyclic) bond motifs is 2. The molecule has 2 aromatic rings. The van der Waals surface area contributed by atoms with Gasteiger partial charge in [-0.3, -0.25) is 4.79 Å². The summed E-state index contributed by atoms with van der Waals surface area (Å²) in [5.74, 6) is 1.69. The molecule has 1 fully saturated rings. The summed E-state index contributed by atoms with van der Waals surface area (Å²) in [6.45, 7) is 4.21. The van der Waals surface area contributed by atoms with E-state index in [2.05, 4.69) is 28.9 Å². The Labute approximate surface area is 152 Å². The molecule has 4 rings (SSSR count). The van der Waals surface area contributed by atoms with E-state index in [0.29, 0.717) is 23.9 Å². The number of aromatic nitrogens is 3. The highest BCUT2D eigenvalue weighted by Gasteiger charge is 2.46. The maximum Gasteiger partial charge on any atom is 0.248 e. The average molecular weight is 354 g/mol. The van der Waals surface area contributed by atoms with Gasteiger partial charge in [-0.25, -0.2) is 9.67 Å². The number of hydrogen-bond donors (Lipinski definition) is 0. The monoisotopic (exact) mass is 354 g/mol. The predicted octanol–water partition coefficient (Wildman–Crippen LogP) is 2.98. The van der Waals surface area contributed by atoms with Crippen LogP contribution in [0, 0.1) is 11.3 Å². The molecule has 136 valence electrons. The van der Waals surface area contributed by atoms with E-state index in [0.717, 1.165) is 17.7 Å². The molecule has 7 nitrogen and oxygen atoms in total. The lowest BCUT2D eigenvalue weighted by atomic mass is 9.67. The molecular formula is C19H22N4O3. The van der Waals surface area contributed by atoms with Crippen LogP contribution in [0.25, 0.3) is 0 Å². The van der Waals surface area contributed by atoms with Gasteiger partial charge in [-0.15, -0.1) is 0 Å². The number of aliphatic imine (C=N–C) groups is 1. The van der Waals surface area contributed by atoms with Gasteiger partial charge in [-0.1, -0.05) is 19.9 Å². The molecule has 1 aromatic heterocycles. The number of nitrogens with zero attached hydrogens (tertiary/aromatic N) is 4. The van der Waals surface area contributed by atoms with Gasteiger partial charge in [0.25, 0.3) is 0 Å². The van der Waals surface area contributed by atoms with Gasteiger partial charge >= 0.3 is 0 Å². The zero-order valence-electron chi connectivity index (χ0n) is 15.4. The molecule has 0 N–H and O–H groups in total. The minimum atomic E-state index is -0.324. The normalized spacial score (nSPS) is 23.7. The fourth-order valence-corrected chi connectivity index (χ4v) is 4.06. The number of Topliss-reactive ketones (excluding diaryl/α,β-unsaturated/α-hetero) is 1. The van der Waals surface area contributed by atoms with Crippen molar-refractivity contribution in [3.63, 3.8) is 0 Å². The van der Waals surface area contributed by atoms with E-state index in [1.807, 2.05) is 18.2 Å². The van der Waals surface area contributed by atoms with E-state index in [1.165, 1.54) is 6.33 Å². The van der Waals surface area contributed by atoms with Crippen molar-refractivity contribution in [2.24, 2.45) is 16.3 Å². The first-order chi connectivity index (χ1) is 12.4. The number of ketones is 1. The molecule has 7 heteroatoms. The predicted molar refractivity (Wildman–Crippen MR) is 96.3 cm³/mol. The molecule has 2 aliphatic rings. The number of rotatable bonds is 3. The highest BCUT2D eigenvalue weighted by Crippen LogP contribution is 2.45. The Morgan fingerprint density at radius 2 is 1.92 bits per heavy atom. The van der Waals surface area contributed by atoms with Gasteiger partial charge in [-0.2, -0.15) is 10.1 Å². The lowest BCUT2D eigenvalue weighted by Crippen LogP contribution is -2.44. The Hall–Kier alpha value is -2.70. The van der Waals surface area contributed by atoms with Crippen LogP contribution in [0.15, 0.2) is 29.5 Å². The van der Waals surface area contributed by atoms with Crippen LogP contribution < -0.4 is 9.47 Å². The van der Waals surface area contributed by atoms with E-state index in [9.17, 15) is 4.79 Å². The van der Waals surface area contributed by atoms with E-state index in [4.69, 9.17) is 9.47 Å². The Morgan fingerprint density at radius 1 is 1.15 bits per heavy atom. The molecule has 0 bridgehead atoms. The maximum absolute atomic E-state index is 13.0. The second-order valence-electron chi connectivity index (χ2n) is 7.63. The highest BCUT2D eigenvalue weighted by atomic mass is 16.5. The third-order valence-corrected chi connectivity index (χ3v) is 5.14. The molecular weight excluding hydrogens is 332 g/mol. The average Bonchev–Trinajstić information content (AvgIpc) is 3.06. The highest BCUT2D eigenvalue weighted by molar-refractivity contribution is 6.09. The van der Waals surface area contributed by atoms with Gasteiger partial charge in [-0.05, 0) is 29.5 Å². The summed E-state index contributed by atoms with van der Waals surface area (Å²) in [6.07, 6.45) is 2.80. The molecule has 0 saturated heterocycles. The summed E-state index contributed by atoms with van der Waals surface area (Å²) in [7, 11) is 3.20. The zero-order chi connectivity index (χ0) is 18.5. The largest absolute Gasteiger partial charge is 0.493 e. The van der Waals surface area contributed by atoms with Crippen molar-refractivity contribution in [2.45, 2.75) is 32.7 Å². The van der Waals surface area contributed by atoms with Crippen molar-refractivity contribution in [3.8, 4) is 11.5 Å². The number of ether oxygens (including phenoxy) is 2. The lowest BCUT2D eigenvalue weighted by molar-refractivity contribution is -0.124. The van der Waals surface area contributed by atoms with Crippen molar-refractivity contribution in [1.29, 1.82) is 0 Å². The van der Waals surface area contributed by atoms with Crippen molar-refractivity contribution in [2.75, 3.05) is 14.2 Å². The molecule has 2 atom stereocenters. The minimum Gasteiger partial charge on any atom is -0.493 e. The van der Waals surface area contributed by atoms with Gasteiger partial charge in [0.1, 0.15) is 12.1 Å². The third-order valence-electron chi connectivity index (χ3n) is 5.14. The van der Waals surface area contributed by atoms with Crippen molar-refractivity contribution < 1.29 is 14.3 Å². The first-order valence-electron chi connectivity index (χ1n) is 8.65. The number of hydrogen-bond acceptors (Lipinski definition) is 6. The fourth-order valence-electron chi connectivity index (χ4n) is 4.06. The smallest absolute Gasteiger partial charge is 0.248 e. The van der Waals surface area contributed by atoms with Crippen LogP contribution in [-0.4, -0.2) is 40.5 Å². The lowest BCUT2D eigenvalue weighted by Gasteiger charge is -2.40. The van der Waals surface area contributed by atoms with Crippen LogP contribution in [0.3, 0.4) is 0 Å². The third kappa shape index (κ3) is 2.58. The molecule has 1 aromatic carbocycles. The summed E-state index contributed by atoms with van der Waals surface area (Å²) < 4.78 is 12.5. The Bertz CT molecular complexity index is 900. The van der Waals surface area contributed by atoms with Gasteiger partial charge < -0.3 is 9.47 Å². The quantitative estimate of drug-likeness (QED) is 0.847. The molecule has 26 heavy (non-hydrogen) atoms. The minimum absolute atomic E-state index is 0.0866. The second-order valence-corrected chi connectivity index (χ2v) is 7.63. The number of carbonyl (C=O) groups is 1. The number of carbonyl (C=O) groups excluding carboxylic acids is 1. The molecule has 0 radical (unpaired) electrons. The van der Waals surface area contributed by atoms with E-state index in [-0.39, 0.29) is 23.2 Å². The van der Waals surface area contributed by atoms with Crippen LogP contribution in [-0.2, 0) is 4.79 Å². The topological polar surface area (TPSA) is 78.6 Å². The summed E-state index contributed by atoms with van der Waals surface area (Å²) in [5, 5.41) is 4.35. The molecule has 1 aliphatic heterocycles. The van der Waals surface area contributed by atoms with Crippen LogP contribution in [0.4, 0.5) is 5.95 Å². The van der Waals surface area contributed by atoms with Gasteiger partial charge in [0.05, 0.1) is 26.2 Å². The summed E-state index contributed by atoms with van der Waals surface area (Å²) >= 11 is 0. The maximum atomic E-state index is 13.0. The van der Waals surface area contributed by atoms with Gasteiger partial charge in [0, 0.05) is 12.1 Å². The fraction of sp³-hybridized carbons (Fsp3) is 0.474. The first kappa shape index (κ1) is 16.8. The Morgan fingerprint density at radius 3 is 2.65 bits per heavy atom. The molecule has 1 aliphatic carbocycles. The molecule has 2 unspecified atom stereocenters. The van der Waals surface area contributed by atoms with E-state index >= 15 is 0 Å². The van der Waals surface area contributed by atoms with Crippen molar-refractivity contribution in [3.05, 3.63) is 30.1 Å². The zero-order valence-corrected chi connectivity index (χ0v) is 15.4. The van der Waals surface area contributed by atoms with Crippen LogP contribution in [0.2, 0.25) is 0 Å². The van der Waals surface area contributed by atoms with Gasteiger partial charge in [0.2, 0.25) is 5.95 Å². The van der Waals surface area contributed by atoms with Crippen LogP contribution in [0.1, 0.15) is 38.3 Å². The SMILES string of the molecule is COc1ccc(C2C3C(=O)CC(C)(C)CC3=Nc3ncnn32)cc1OC. The van der Waals surface area contributed by atoms with Gasteiger partial charge in [0.15, 0.2) is 11.5 Å². The number of methoxy groups -OCH3 is 2. The molecule has 0 spiro atoms. The van der Waals surface area contributed by atoms with E-state index in [1.54, 1.807) is 18.9 Å². The van der Waals surface area contributed by atoms with Crippen molar-refractivity contribution >= 4 is 17.4 Å². The summed E-state index contributed by atoms with van der Waals surface area (Å²) in [4.78, 5) is 22.0. The molecule has 0 amide bonds. The summed E-state index contributed by atoms with van der Waals surface area (Å²) in [5.41, 5.74) is 1.74. The molecule has 2 heterocycles. The van der Waals surface area contributed by atoms with Crippen LogP contribution in [0.5, 0.6) is 11.5 Å². The number of benzene rings is 1. The first-order valence-corrected chi connectivity index (χ1v) is 8.65. The standard InChI is InChI=1S/C19H22N4O3/c1-19(2)8-12-16(13(24)9-19)17(23-18(22-12)20-10-21-23)11-5-6-14(25-3)15(7-11)26-4/h5-7,10,16-17H,8-9H2,1-4H3.